The molecule has 150 valence electrons. The van der Waals surface area contributed by atoms with Gasteiger partial charge in [-0.05, 0) is 30.3 Å². The second kappa shape index (κ2) is 6.53. The van der Waals surface area contributed by atoms with Crippen LogP contribution < -0.4 is 10.4 Å². The Labute approximate surface area is 175 Å². The topological polar surface area (TPSA) is 114 Å². The Morgan fingerprint density at radius 2 is 2.10 bits per heavy atom. The van der Waals surface area contributed by atoms with E-state index in [-0.39, 0.29) is 11.7 Å². The van der Waals surface area contributed by atoms with Gasteiger partial charge in [0, 0.05) is 12.0 Å². The van der Waals surface area contributed by atoms with Gasteiger partial charge < -0.3 is 9.72 Å². The summed E-state index contributed by atoms with van der Waals surface area (Å²) in [7, 11) is 0. The lowest BCUT2D eigenvalue weighted by atomic mass is 9.98. The molecular weight excluding hydrogens is 394 g/mol. The molecule has 1 aliphatic heterocycles. The zero-order chi connectivity index (χ0) is 20.9. The molecule has 1 N–H and O–H groups in total. The number of nitrogens with one attached hydrogen (secondary N) is 1. The Morgan fingerprint density at radius 1 is 1.19 bits per heavy atom. The van der Waals surface area contributed by atoms with E-state index in [1.807, 2.05) is 24.3 Å². The van der Waals surface area contributed by atoms with Crippen molar-refractivity contribution < 1.29 is 4.74 Å². The van der Waals surface area contributed by atoms with Crippen molar-refractivity contribution in [2.75, 3.05) is 6.61 Å². The molecule has 6 rings (SSSR count). The highest BCUT2D eigenvalue weighted by molar-refractivity contribution is 5.77. The molecule has 31 heavy (non-hydrogen) atoms. The van der Waals surface area contributed by atoms with Gasteiger partial charge in [0.1, 0.15) is 17.6 Å². The van der Waals surface area contributed by atoms with Crippen LogP contribution in [0.2, 0.25) is 0 Å². The predicted molar refractivity (Wildman–Crippen MR) is 112 cm³/mol. The van der Waals surface area contributed by atoms with E-state index in [1.165, 1.54) is 0 Å². The van der Waals surface area contributed by atoms with Crippen LogP contribution in [-0.2, 0) is 0 Å². The van der Waals surface area contributed by atoms with Gasteiger partial charge in [0.2, 0.25) is 5.95 Å². The molecule has 0 saturated carbocycles. The second-order valence-electron chi connectivity index (χ2n) is 7.33. The Kier molecular flexibility index (Phi) is 3.67. The summed E-state index contributed by atoms with van der Waals surface area (Å²) in [5.74, 6) is 1.10. The molecule has 0 aliphatic carbocycles. The molecule has 5 aromatic rings. The van der Waals surface area contributed by atoms with Gasteiger partial charge in [-0.15, -0.1) is 0 Å². The largest absolute Gasteiger partial charge is 0.493 e. The maximum absolute atomic E-state index is 12.9. The highest BCUT2D eigenvalue weighted by atomic mass is 16.5. The number of fused-ring (bicyclic) bond motifs is 3. The Balaban J connectivity index is 1.56. The summed E-state index contributed by atoms with van der Waals surface area (Å²) in [5.41, 5.74) is 3.78. The zero-order valence-electron chi connectivity index (χ0n) is 16.2. The van der Waals surface area contributed by atoms with Crippen molar-refractivity contribution >= 4 is 22.2 Å². The third-order valence-electron chi connectivity index (χ3n) is 5.57. The van der Waals surface area contributed by atoms with E-state index < -0.39 is 0 Å². The first-order valence-electron chi connectivity index (χ1n) is 9.79. The van der Waals surface area contributed by atoms with Gasteiger partial charge in [0.25, 0.3) is 0 Å². The van der Waals surface area contributed by atoms with E-state index in [0.717, 1.165) is 16.6 Å². The van der Waals surface area contributed by atoms with E-state index in [9.17, 15) is 10.1 Å². The molecule has 9 nitrogen and oxygen atoms in total. The molecule has 0 amide bonds. The molecule has 0 saturated heterocycles. The van der Waals surface area contributed by atoms with E-state index in [4.69, 9.17) is 9.72 Å². The van der Waals surface area contributed by atoms with Crippen LogP contribution in [0, 0.1) is 11.3 Å². The van der Waals surface area contributed by atoms with Crippen molar-refractivity contribution in [3.63, 3.8) is 0 Å². The number of nitriles is 1. The Bertz CT molecular complexity index is 1570. The number of aromatic amines is 1. The normalized spacial score (nSPS) is 15.5. The molecule has 9 heteroatoms. The van der Waals surface area contributed by atoms with Crippen LogP contribution in [0.15, 0.2) is 59.8 Å². The number of para-hydroxylation sites is 2. The average molecular weight is 409 g/mol. The summed E-state index contributed by atoms with van der Waals surface area (Å²) in [5, 5.41) is 9.32. The number of hydrogen-bond donors (Lipinski definition) is 1. The van der Waals surface area contributed by atoms with Crippen LogP contribution in [0.3, 0.4) is 0 Å². The van der Waals surface area contributed by atoms with E-state index in [0.29, 0.717) is 41.5 Å². The molecule has 1 aliphatic rings. The number of aromatic nitrogens is 6. The first-order valence-corrected chi connectivity index (χ1v) is 9.79. The highest BCUT2D eigenvalue weighted by Crippen LogP contribution is 2.35. The fourth-order valence-electron chi connectivity index (χ4n) is 4.15. The minimum absolute atomic E-state index is 0.280. The number of hydrogen-bond acceptors (Lipinski definition) is 6. The van der Waals surface area contributed by atoms with Gasteiger partial charge in [-0.3, -0.25) is 9.13 Å². The number of rotatable bonds is 2. The first kappa shape index (κ1) is 17.4. The molecule has 1 atom stereocenters. The van der Waals surface area contributed by atoms with Gasteiger partial charge in [-0.25, -0.2) is 14.8 Å². The van der Waals surface area contributed by atoms with Crippen molar-refractivity contribution in [2.45, 2.75) is 12.5 Å². The predicted octanol–water partition coefficient (Wildman–Crippen LogP) is 2.70. The number of benzene rings is 2. The van der Waals surface area contributed by atoms with Crippen molar-refractivity contribution in [3.8, 4) is 17.8 Å². The first-order chi connectivity index (χ1) is 15.2. The van der Waals surface area contributed by atoms with E-state index >= 15 is 0 Å². The van der Waals surface area contributed by atoms with Crippen molar-refractivity contribution in [3.05, 3.63) is 76.6 Å². The smallest absolute Gasteiger partial charge is 0.328 e. The van der Waals surface area contributed by atoms with Crippen LogP contribution in [0.1, 0.15) is 23.6 Å². The van der Waals surface area contributed by atoms with E-state index in [1.54, 1.807) is 39.9 Å². The summed E-state index contributed by atoms with van der Waals surface area (Å²) in [6, 6.07) is 14.8. The molecule has 3 aromatic heterocycles. The van der Waals surface area contributed by atoms with Gasteiger partial charge >= 0.3 is 5.69 Å². The Morgan fingerprint density at radius 3 is 3.00 bits per heavy atom. The summed E-state index contributed by atoms with van der Waals surface area (Å²) in [4.78, 5) is 29.3. The van der Waals surface area contributed by atoms with Crippen LogP contribution in [0.5, 0.6) is 5.75 Å². The third-order valence-corrected chi connectivity index (χ3v) is 5.57. The quantitative estimate of drug-likeness (QED) is 0.479. The minimum atomic E-state index is -0.305. The maximum atomic E-state index is 12.9. The van der Waals surface area contributed by atoms with Crippen molar-refractivity contribution in [1.82, 2.24) is 29.1 Å². The van der Waals surface area contributed by atoms with E-state index in [2.05, 4.69) is 21.0 Å². The lowest BCUT2D eigenvalue weighted by molar-refractivity contribution is 0.256. The summed E-state index contributed by atoms with van der Waals surface area (Å²) < 4.78 is 9.17. The zero-order valence-corrected chi connectivity index (χ0v) is 16.2. The monoisotopic (exact) mass is 409 g/mol. The molecular formula is C22H15N7O2. The summed E-state index contributed by atoms with van der Waals surface area (Å²) >= 11 is 0. The second-order valence-corrected chi connectivity index (χ2v) is 7.33. The number of imidazole rings is 2. The third kappa shape index (κ3) is 2.62. The van der Waals surface area contributed by atoms with Gasteiger partial charge in [-0.1, -0.05) is 12.1 Å². The standard InChI is InChI=1S/C22H15N7O2/c23-10-13-5-6-19-14(9-13)17(7-8-31-19)29-20-16(26-22(29)30)11-24-21(27-20)28-12-25-15-3-1-2-4-18(15)28/h1-6,9,11-12,17H,7-8H2,(H,26,30). The molecule has 4 heterocycles. The van der Waals surface area contributed by atoms with Gasteiger partial charge in [-0.2, -0.15) is 10.2 Å². The SMILES string of the molecule is N#Cc1ccc2c(c1)C(n1c(=O)[nH]c3cnc(-n4cnc5ccccc54)nc31)CCO2. The van der Waals surface area contributed by atoms with Crippen LogP contribution in [0.25, 0.3) is 28.1 Å². The average Bonchev–Trinajstić information content (AvgIpc) is 3.38. The summed E-state index contributed by atoms with van der Waals surface area (Å²) in [6.07, 6.45) is 3.86. The number of H-pyrrole nitrogens is 1. The molecule has 0 spiro atoms. The van der Waals surface area contributed by atoms with Crippen molar-refractivity contribution in [1.29, 1.82) is 5.26 Å². The van der Waals surface area contributed by atoms with Gasteiger partial charge in [0.05, 0.1) is 41.5 Å². The van der Waals surface area contributed by atoms with Crippen molar-refractivity contribution in [2.24, 2.45) is 0 Å². The molecule has 0 radical (unpaired) electrons. The fraction of sp³-hybridized carbons (Fsp3) is 0.136. The molecule has 0 bridgehead atoms. The minimum Gasteiger partial charge on any atom is -0.493 e. The molecule has 2 aromatic carbocycles. The maximum Gasteiger partial charge on any atom is 0.328 e. The van der Waals surface area contributed by atoms with Gasteiger partial charge in [0.15, 0.2) is 5.65 Å². The molecule has 1 unspecified atom stereocenters. The Hall–Kier alpha value is -4.45. The fourth-order valence-corrected chi connectivity index (χ4v) is 4.15. The van der Waals surface area contributed by atoms with Crippen LogP contribution in [-0.4, -0.2) is 35.7 Å². The lowest BCUT2D eigenvalue weighted by Crippen LogP contribution is -2.28. The molecule has 0 fully saturated rings. The summed E-state index contributed by atoms with van der Waals surface area (Å²) in [6.45, 7) is 0.465. The van der Waals surface area contributed by atoms with Crippen LogP contribution in [0.4, 0.5) is 0 Å². The highest BCUT2D eigenvalue weighted by Gasteiger charge is 2.27. The number of nitrogens with zero attached hydrogens (tertiary/aromatic N) is 6. The number of ether oxygens (including phenoxy) is 1. The lowest BCUT2D eigenvalue weighted by Gasteiger charge is -2.26. The van der Waals surface area contributed by atoms with Crippen LogP contribution >= 0.6 is 0 Å².